The number of hydrogen-bond acceptors (Lipinski definition) is 4. The van der Waals surface area contributed by atoms with Gasteiger partial charge in [0.1, 0.15) is 13.2 Å². The van der Waals surface area contributed by atoms with E-state index in [1.165, 1.54) is 0 Å². The van der Waals surface area contributed by atoms with E-state index in [9.17, 15) is 4.79 Å². The Morgan fingerprint density at radius 1 is 1.29 bits per heavy atom. The van der Waals surface area contributed by atoms with Crippen LogP contribution in [0.3, 0.4) is 0 Å². The molecule has 0 atom stereocenters. The number of carbonyl (C=O) groups excluding carboxylic acids is 1. The molecule has 0 radical (unpaired) electrons. The van der Waals surface area contributed by atoms with Crippen molar-refractivity contribution in [3.05, 3.63) is 35.9 Å². The first-order valence-corrected chi connectivity index (χ1v) is 7.47. The summed E-state index contributed by atoms with van der Waals surface area (Å²) < 4.78 is 5.36. The van der Waals surface area contributed by atoms with E-state index in [0.717, 1.165) is 43.6 Å². The van der Waals surface area contributed by atoms with Gasteiger partial charge in [-0.2, -0.15) is 0 Å². The lowest BCUT2D eigenvalue weighted by Crippen LogP contribution is -2.40. The summed E-state index contributed by atoms with van der Waals surface area (Å²) in [6.07, 6.45) is 2.61. The maximum Gasteiger partial charge on any atom is 0.410 e. The molecule has 0 spiro atoms. The quantitative estimate of drug-likeness (QED) is 0.859. The second-order valence-corrected chi connectivity index (χ2v) is 5.47. The first-order chi connectivity index (χ1) is 10.3. The van der Waals surface area contributed by atoms with E-state index in [2.05, 4.69) is 5.16 Å². The van der Waals surface area contributed by atoms with Crippen molar-refractivity contribution in [3.8, 4) is 0 Å². The number of carbonyl (C=O) groups is 1. The average molecular weight is 288 g/mol. The fourth-order valence-electron chi connectivity index (χ4n) is 2.81. The zero-order valence-electron chi connectivity index (χ0n) is 12.0. The Morgan fingerprint density at radius 2 is 2.05 bits per heavy atom. The predicted molar refractivity (Wildman–Crippen MR) is 78.9 cm³/mol. The molecule has 3 rings (SSSR count). The van der Waals surface area contributed by atoms with E-state index < -0.39 is 0 Å². The highest BCUT2D eigenvalue weighted by atomic mass is 16.6. The molecule has 1 saturated heterocycles. The van der Waals surface area contributed by atoms with Gasteiger partial charge in [-0.1, -0.05) is 35.5 Å². The number of benzene rings is 1. The number of piperidine rings is 1. The minimum atomic E-state index is -0.220. The highest BCUT2D eigenvalue weighted by Crippen LogP contribution is 2.23. The average Bonchev–Trinajstić information content (AvgIpc) is 3.08. The Hall–Kier alpha value is -2.04. The van der Waals surface area contributed by atoms with Crippen LogP contribution in [0.25, 0.3) is 0 Å². The number of amides is 1. The molecule has 0 N–H and O–H groups in total. The molecule has 2 aliphatic heterocycles. The molecule has 112 valence electrons. The lowest BCUT2D eigenvalue weighted by molar-refractivity contribution is 0.0863. The molecule has 1 amide bonds. The highest BCUT2D eigenvalue weighted by Gasteiger charge is 2.28. The van der Waals surface area contributed by atoms with Gasteiger partial charge in [0.05, 0.1) is 5.71 Å². The molecule has 0 bridgehead atoms. The molecule has 1 aromatic rings. The van der Waals surface area contributed by atoms with Crippen LogP contribution in [0.5, 0.6) is 0 Å². The van der Waals surface area contributed by atoms with E-state index in [4.69, 9.17) is 9.57 Å². The standard InChI is InChI=1S/C16H20N2O3/c19-16(20-12-13-4-2-1-3-5-13)18-9-6-14(7-10-18)15-8-11-21-17-15/h1-5,14H,6-12H2. The largest absolute Gasteiger partial charge is 0.445 e. The van der Waals surface area contributed by atoms with E-state index in [1.54, 1.807) is 4.90 Å². The Kier molecular flexibility index (Phi) is 4.38. The fraction of sp³-hybridized carbons (Fsp3) is 0.500. The number of ether oxygens (including phenoxy) is 1. The van der Waals surface area contributed by atoms with Gasteiger partial charge < -0.3 is 14.5 Å². The molecule has 2 heterocycles. The van der Waals surface area contributed by atoms with Crippen LogP contribution >= 0.6 is 0 Å². The van der Waals surface area contributed by atoms with Crippen LogP contribution in [0.2, 0.25) is 0 Å². The van der Waals surface area contributed by atoms with Crippen molar-refractivity contribution in [2.45, 2.75) is 25.9 Å². The second-order valence-electron chi connectivity index (χ2n) is 5.47. The van der Waals surface area contributed by atoms with Crippen LogP contribution in [-0.4, -0.2) is 36.4 Å². The molecule has 1 aromatic carbocycles. The Bertz CT molecular complexity index is 508. The summed E-state index contributed by atoms with van der Waals surface area (Å²) in [5, 5.41) is 4.09. The fourth-order valence-corrected chi connectivity index (χ4v) is 2.81. The molecule has 0 aromatic heterocycles. The SMILES string of the molecule is O=C(OCc1ccccc1)N1CCC(C2=NOCC2)CC1. The van der Waals surface area contributed by atoms with Crippen LogP contribution in [0.1, 0.15) is 24.8 Å². The smallest absolute Gasteiger partial charge is 0.410 e. The van der Waals surface area contributed by atoms with Crippen molar-refractivity contribution in [1.82, 2.24) is 4.90 Å². The third-order valence-electron chi connectivity index (χ3n) is 4.06. The van der Waals surface area contributed by atoms with E-state index in [0.29, 0.717) is 19.1 Å². The second kappa shape index (κ2) is 6.61. The maximum atomic E-state index is 12.0. The first kappa shape index (κ1) is 13.9. The van der Waals surface area contributed by atoms with Gasteiger partial charge in [-0.25, -0.2) is 4.79 Å². The number of likely N-dealkylation sites (tertiary alicyclic amines) is 1. The number of hydrogen-bond donors (Lipinski definition) is 0. The van der Waals surface area contributed by atoms with Crippen molar-refractivity contribution in [1.29, 1.82) is 0 Å². The van der Waals surface area contributed by atoms with Crippen molar-refractivity contribution in [2.75, 3.05) is 19.7 Å². The summed E-state index contributed by atoms with van der Waals surface area (Å²) in [6.45, 7) is 2.50. The zero-order valence-corrected chi connectivity index (χ0v) is 12.0. The monoisotopic (exact) mass is 288 g/mol. The zero-order chi connectivity index (χ0) is 14.5. The molecule has 0 aliphatic carbocycles. The van der Waals surface area contributed by atoms with Gasteiger partial charge in [0, 0.05) is 25.4 Å². The summed E-state index contributed by atoms with van der Waals surface area (Å²) in [5.41, 5.74) is 2.17. The molecule has 0 unspecified atom stereocenters. The van der Waals surface area contributed by atoms with E-state index in [1.807, 2.05) is 30.3 Å². The topological polar surface area (TPSA) is 51.1 Å². The summed E-state index contributed by atoms with van der Waals surface area (Å²) in [5.74, 6) is 0.464. The van der Waals surface area contributed by atoms with Gasteiger partial charge >= 0.3 is 6.09 Å². The molecule has 21 heavy (non-hydrogen) atoms. The van der Waals surface area contributed by atoms with Crippen molar-refractivity contribution < 1.29 is 14.4 Å². The van der Waals surface area contributed by atoms with Crippen molar-refractivity contribution in [3.63, 3.8) is 0 Å². The number of nitrogens with zero attached hydrogens (tertiary/aromatic N) is 2. The third kappa shape index (κ3) is 3.54. The molecular formula is C16H20N2O3. The highest BCUT2D eigenvalue weighted by molar-refractivity contribution is 5.87. The molecule has 5 nitrogen and oxygen atoms in total. The van der Waals surface area contributed by atoms with Gasteiger partial charge in [-0.3, -0.25) is 0 Å². The molecule has 1 fully saturated rings. The van der Waals surface area contributed by atoms with Gasteiger partial charge in [-0.05, 0) is 18.4 Å². The van der Waals surface area contributed by atoms with Crippen LogP contribution in [0.15, 0.2) is 35.5 Å². The van der Waals surface area contributed by atoms with Gasteiger partial charge in [0.15, 0.2) is 0 Å². The minimum Gasteiger partial charge on any atom is -0.445 e. The Balaban J connectivity index is 1.44. The van der Waals surface area contributed by atoms with Crippen molar-refractivity contribution >= 4 is 11.8 Å². The molecule has 0 saturated carbocycles. The van der Waals surface area contributed by atoms with Crippen LogP contribution in [0, 0.1) is 5.92 Å². The first-order valence-electron chi connectivity index (χ1n) is 7.47. The summed E-state index contributed by atoms with van der Waals surface area (Å²) in [4.78, 5) is 18.9. The number of rotatable bonds is 3. The lowest BCUT2D eigenvalue weighted by atomic mass is 9.91. The van der Waals surface area contributed by atoms with Crippen LogP contribution in [0.4, 0.5) is 4.79 Å². The number of oxime groups is 1. The predicted octanol–water partition coefficient (Wildman–Crippen LogP) is 2.81. The molecule has 2 aliphatic rings. The van der Waals surface area contributed by atoms with Gasteiger partial charge in [0.25, 0.3) is 0 Å². The van der Waals surface area contributed by atoms with E-state index >= 15 is 0 Å². The minimum absolute atomic E-state index is 0.220. The van der Waals surface area contributed by atoms with Crippen LogP contribution < -0.4 is 0 Å². The summed E-state index contributed by atoms with van der Waals surface area (Å²) in [6, 6.07) is 9.75. The maximum absolute atomic E-state index is 12.0. The summed E-state index contributed by atoms with van der Waals surface area (Å²) >= 11 is 0. The van der Waals surface area contributed by atoms with E-state index in [-0.39, 0.29) is 6.09 Å². The van der Waals surface area contributed by atoms with Crippen LogP contribution in [-0.2, 0) is 16.2 Å². The third-order valence-corrected chi connectivity index (χ3v) is 4.06. The molecular weight excluding hydrogens is 268 g/mol. The molecule has 5 heteroatoms. The Morgan fingerprint density at radius 3 is 2.71 bits per heavy atom. The lowest BCUT2D eigenvalue weighted by Gasteiger charge is -2.30. The normalized spacial score (nSPS) is 19.0. The van der Waals surface area contributed by atoms with Gasteiger partial charge in [0.2, 0.25) is 0 Å². The van der Waals surface area contributed by atoms with Crippen molar-refractivity contribution in [2.24, 2.45) is 11.1 Å². The van der Waals surface area contributed by atoms with Gasteiger partial charge in [-0.15, -0.1) is 0 Å². The summed E-state index contributed by atoms with van der Waals surface area (Å²) in [7, 11) is 0. The Labute approximate surface area is 124 Å².